The average molecular weight is 324 g/mol. The quantitative estimate of drug-likeness (QED) is 0.826. The van der Waals surface area contributed by atoms with E-state index in [0.717, 1.165) is 19.5 Å². The molecule has 0 aromatic heterocycles. The van der Waals surface area contributed by atoms with Crippen molar-refractivity contribution in [1.82, 2.24) is 9.80 Å². The third kappa shape index (κ3) is 5.48. The lowest BCUT2D eigenvalue weighted by Crippen LogP contribution is -2.50. The van der Waals surface area contributed by atoms with Gasteiger partial charge in [-0.15, -0.1) is 0 Å². The van der Waals surface area contributed by atoms with Crippen LogP contribution < -0.4 is 4.74 Å². The highest BCUT2D eigenvalue weighted by Gasteiger charge is 2.22. The SMILES string of the molecule is CCC(O)CN1CCN(C(=O)CCOc2ccccc2F)CC1. The molecule has 0 saturated carbocycles. The number of carbonyl (C=O) groups excluding carboxylic acids is 1. The molecule has 0 radical (unpaired) electrons. The van der Waals surface area contributed by atoms with E-state index in [1.807, 2.05) is 6.92 Å². The number of rotatable bonds is 7. The summed E-state index contributed by atoms with van der Waals surface area (Å²) in [4.78, 5) is 16.1. The van der Waals surface area contributed by atoms with Crippen molar-refractivity contribution in [3.63, 3.8) is 0 Å². The van der Waals surface area contributed by atoms with Gasteiger partial charge in [0.1, 0.15) is 0 Å². The van der Waals surface area contributed by atoms with Crippen LogP contribution in [-0.4, -0.2) is 66.2 Å². The molecule has 0 spiro atoms. The monoisotopic (exact) mass is 324 g/mol. The average Bonchev–Trinajstić information content (AvgIpc) is 2.57. The summed E-state index contributed by atoms with van der Waals surface area (Å²) in [5, 5.41) is 9.66. The molecular weight excluding hydrogens is 299 g/mol. The van der Waals surface area contributed by atoms with Gasteiger partial charge in [-0.05, 0) is 18.6 Å². The molecule has 23 heavy (non-hydrogen) atoms. The van der Waals surface area contributed by atoms with Crippen molar-refractivity contribution in [2.24, 2.45) is 0 Å². The number of aliphatic hydroxyl groups excluding tert-OH is 1. The second-order valence-electron chi connectivity index (χ2n) is 5.77. The van der Waals surface area contributed by atoms with Crippen LogP contribution in [0.4, 0.5) is 4.39 Å². The minimum Gasteiger partial charge on any atom is -0.490 e. The number of carbonyl (C=O) groups is 1. The minimum absolute atomic E-state index is 0.0250. The molecule has 1 aromatic carbocycles. The van der Waals surface area contributed by atoms with Gasteiger partial charge >= 0.3 is 0 Å². The highest BCUT2D eigenvalue weighted by atomic mass is 19.1. The zero-order chi connectivity index (χ0) is 16.7. The molecule has 1 saturated heterocycles. The molecule has 1 aliphatic rings. The maximum atomic E-state index is 13.4. The summed E-state index contributed by atoms with van der Waals surface area (Å²) in [7, 11) is 0. The van der Waals surface area contributed by atoms with E-state index in [1.54, 1.807) is 23.1 Å². The first-order chi connectivity index (χ1) is 11.1. The van der Waals surface area contributed by atoms with Crippen molar-refractivity contribution in [1.29, 1.82) is 0 Å². The number of hydrogen-bond donors (Lipinski definition) is 1. The molecule has 1 N–H and O–H groups in total. The Morgan fingerprint density at radius 2 is 2.00 bits per heavy atom. The molecule has 1 unspecified atom stereocenters. The number of hydrogen-bond acceptors (Lipinski definition) is 4. The number of benzene rings is 1. The Balaban J connectivity index is 1.68. The Labute approximate surface area is 136 Å². The topological polar surface area (TPSA) is 53.0 Å². The van der Waals surface area contributed by atoms with Gasteiger partial charge in [0.15, 0.2) is 11.6 Å². The molecule has 1 fully saturated rings. The van der Waals surface area contributed by atoms with Crippen molar-refractivity contribution in [3.05, 3.63) is 30.1 Å². The molecule has 1 aromatic rings. The van der Waals surface area contributed by atoms with E-state index >= 15 is 0 Å². The van der Waals surface area contributed by atoms with Crippen LogP contribution in [0.25, 0.3) is 0 Å². The number of amides is 1. The summed E-state index contributed by atoms with van der Waals surface area (Å²) in [6.07, 6.45) is 0.685. The molecule has 2 rings (SSSR count). The molecule has 0 aliphatic carbocycles. The highest BCUT2D eigenvalue weighted by Crippen LogP contribution is 2.15. The Bertz CT molecular complexity index is 504. The highest BCUT2D eigenvalue weighted by molar-refractivity contribution is 5.76. The molecule has 1 heterocycles. The van der Waals surface area contributed by atoms with Crippen molar-refractivity contribution in [3.8, 4) is 5.75 Å². The lowest BCUT2D eigenvalue weighted by Gasteiger charge is -2.35. The molecule has 5 nitrogen and oxygen atoms in total. The first-order valence-electron chi connectivity index (χ1n) is 8.15. The van der Waals surface area contributed by atoms with Crippen LogP contribution in [0.5, 0.6) is 5.75 Å². The largest absolute Gasteiger partial charge is 0.490 e. The number of ether oxygens (including phenoxy) is 1. The first kappa shape index (κ1) is 17.7. The van der Waals surface area contributed by atoms with E-state index in [9.17, 15) is 14.3 Å². The normalized spacial score (nSPS) is 17.1. The predicted molar refractivity (Wildman–Crippen MR) is 85.8 cm³/mol. The van der Waals surface area contributed by atoms with Crippen LogP contribution in [0, 0.1) is 5.82 Å². The number of piperazine rings is 1. The molecule has 6 heteroatoms. The number of para-hydroxylation sites is 1. The van der Waals surface area contributed by atoms with Gasteiger partial charge in [-0.3, -0.25) is 9.69 Å². The van der Waals surface area contributed by atoms with Gasteiger partial charge in [-0.1, -0.05) is 19.1 Å². The Morgan fingerprint density at radius 1 is 1.30 bits per heavy atom. The molecule has 0 bridgehead atoms. The zero-order valence-electron chi connectivity index (χ0n) is 13.6. The van der Waals surface area contributed by atoms with E-state index in [2.05, 4.69) is 4.90 Å². The lowest BCUT2D eigenvalue weighted by molar-refractivity contribution is -0.133. The maximum absolute atomic E-state index is 13.4. The van der Waals surface area contributed by atoms with Gasteiger partial charge in [0.05, 0.1) is 19.1 Å². The second-order valence-corrected chi connectivity index (χ2v) is 5.77. The predicted octanol–water partition coefficient (Wildman–Crippen LogP) is 1.51. The number of aliphatic hydroxyl groups is 1. The van der Waals surface area contributed by atoms with Gasteiger partial charge in [0.25, 0.3) is 0 Å². The third-order valence-electron chi connectivity index (χ3n) is 4.08. The van der Waals surface area contributed by atoms with Gasteiger partial charge in [-0.2, -0.15) is 0 Å². The number of nitrogens with zero attached hydrogens (tertiary/aromatic N) is 2. The summed E-state index contributed by atoms with van der Waals surface area (Å²) >= 11 is 0. The molecule has 128 valence electrons. The summed E-state index contributed by atoms with van der Waals surface area (Å²) in [6, 6.07) is 6.19. The van der Waals surface area contributed by atoms with Crippen LogP contribution >= 0.6 is 0 Å². The molecule has 1 atom stereocenters. The maximum Gasteiger partial charge on any atom is 0.226 e. The van der Waals surface area contributed by atoms with Gasteiger partial charge in [0.2, 0.25) is 5.91 Å². The van der Waals surface area contributed by atoms with Gasteiger partial charge in [-0.25, -0.2) is 4.39 Å². The Morgan fingerprint density at radius 3 is 2.65 bits per heavy atom. The number of halogens is 1. The molecule has 1 amide bonds. The smallest absolute Gasteiger partial charge is 0.226 e. The summed E-state index contributed by atoms with van der Waals surface area (Å²) < 4.78 is 18.7. The minimum atomic E-state index is -0.414. The Hall–Kier alpha value is -1.66. The van der Waals surface area contributed by atoms with Crippen molar-refractivity contribution >= 4 is 5.91 Å². The zero-order valence-corrected chi connectivity index (χ0v) is 13.6. The lowest BCUT2D eigenvalue weighted by atomic mass is 10.2. The summed E-state index contributed by atoms with van der Waals surface area (Å²) in [5.41, 5.74) is 0. The van der Waals surface area contributed by atoms with E-state index in [0.29, 0.717) is 19.6 Å². The van der Waals surface area contributed by atoms with E-state index in [4.69, 9.17) is 4.74 Å². The fraction of sp³-hybridized carbons (Fsp3) is 0.588. The molecule has 1 aliphatic heterocycles. The summed E-state index contributed by atoms with van der Waals surface area (Å²) in [6.45, 7) is 5.67. The fourth-order valence-corrected chi connectivity index (χ4v) is 2.58. The van der Waals surface area contributed by atoms with Crippen LogP contribution in [0.15, 0.2) is 24.3 Å². The van der Waals surface area contributed by atoms with E-state index in [-0.39, 0.29) is 30.8 Å². The van der Waals surface area contributed by atoms with Gasteiger partial charge in [0, 0.05) is 32.7 Å². The van der Waals surface area contributed by atoms with Gasteiger partial charge < -0.3 is 14.7 Å². The third-order valence-corrected chi connectivity index (χ3v) is 4.08. The van der Waals surface area contributed by atoms with Crippen molar-refractivity contribution in [2.45, 2.75) is 25.9 Å². The second kappa shape index (κ2) is 8.84. The summed E-state index contributed by atoms with van der Waals surface area (Å²) in [5.74, 6) is -0.209. The molecular formula is C17H25FN2O3. The Kier molecular flexibility index (Phi) is 6.80. The standard InChI is InChI=1S/C17H25FN2O3/c1-2-14(21)13-19-8-10-20(11-9-19)17(22)7-12-23-16-6-4-3-5-15(16)18/h3-6,14,21H,2,7-13H2,1H3. The van der Waals surface area contributed by atoms with Crippen LogP contribution in [0.3, 0.4) is 0 Å². The van der Waals surface area contributed by atoms with E-state index < -0.39 is 5.82 Å². The van der Waals surface area contributed by atoms with Crippen molar-refractivity contribution in [2.75, 3.05) is 39.3 Å². The number of β-amino-alcohol motifs (C(OH)–C–C–N with tert-alkyl or cyclic N) is 1. The fourth-order valence-electron chi connectivity index (χ4n) is 2.58. The van der Waals surface area contributed by atoms with Crippen molar-refractivity contribution < 1.29 is 19.0 Å². The van der Waals surface area contributed by atoms with Crippen LogP contribution in [0.2, 0.25) is 0 Å². The first-order valence-corrected chi connectivity index (χ1v) is 8.15. The van der Waals surface area contributed by atoms with Crippen LogP contribution in [0.1, 0.15) is 19.8 Å². The van der Waals surface area contributed by atoms with Crippen LogP contribution in [-0.2, 0) is 4.79 Å². The van der Waals surface area contributed by atoms with E-state index in [1.165, 1.54) is 6.07 Å².